The first-order valence-electron chi connectivity index (χ1n) is 12.2. The third kappa shape index (κ3) is 5.47. The lowest BCUT2D eigenvalue weighted by molar-refractivity contribution is 0.124. The number of fused-ring (bicyclic) bond motifs is 2. The Morgan fingerprint density at radius 3 is 2.43 bits per heavy atom. The van der Waals surface area contributed by atoms with Gasteiger partial charge in [0.25, 0.3) is 0 Å². The third-order valence-corrected chi connectivity index (χ3v) is 6.30. The predicted octanol–water partition coefficient (Wildman–Crippen LogP) is 5.91. The van der Waals surface area contributed by atoms with Gasteiger partial charge in [-0.1, -0.05) is 66.7 Å². The number of hydrogen-bond donors (Lipinski definition) is 1. The summed E-state index contributed by atoms with van der Waals surface area (Å²) in [6, 6.07) is 32.9. The van der Waals surface area contributed by atoms with Gasteiger partial charge in [0.05, 0.1) is 24.4 Å². The molecule has 2 heterocycles. The summed E-state index contributed by atoms with van der Waals surface area (Å²) in [6.45, 7) is 1.63. The summed E-state index contributed by atoms with van der Waals surface area (Å²) in [5, 5.41) is 17.4. The van der Waals surface area contributed by atoms with Crippen LogP contribution in [0, 0.1) is 0 Å². The Kier molecular flexibility index (Phi) is 6.51. The van der Waals surface area contributed by atoms with Gasteiger partial charge in [-0.25, -0.2) is 10.1 Å². The lowest BCUT2D eigenvalue weighted by Crippen LogP contribution is -2.00. The maximum Gasteiger partial charge on any atom is 0.179 e. The number of hydrogen-bond acceptors (Lipinski definition) is 6. The van der Waals surface area contributed by atoms with E-state index in [1.807, 2.05) is 42.5 Å². The molecule has 0 aliphatic heterocycles. The second kappa shape index (κ2) is 10.6. The average molecular weight is 488 g/mol. The van der Waals surface area contributed by atoms with Gasteiger partial charge in [0.15, 0.2) is 5.82 Å². The minimum absolute atomic E-state index is 0.426. The Bertz CT molecular complexity index is 1630. The minimum Gasteiger partial charge on any atom is -0.487 e. The summed E-state index contributed by atoms with van der Waals surface area (Å²) >= 11 is 0. The number of tetrazole rings is 1. The molecule has 0 atom stereocenters. The summed E-state index contributed by atoms with van der Waals surface area (Å²) in [6.07, 6.45) is 0.837. The van der Waals surface area contributed by atoms with Crippen LogP contribution >= 0.6 is 0 Å². The molecular formula is C30H25N5O2. The molecule has 0 aliphatic rings. The molecule has 0 saturated carbocycles. The number of aromatic amines is 1. The van der Waals surface area contributed by atoms with Crippen molar-refractivity contribution in [3.63, 3.8) is 0 Å². The SMILES string of the molecule is c1ccc2nc(COc3ccc4ccc(COCCc5ccc(-c6nnn[nH]6)cc5)cc4c3)ccc2c1. The second-order valence-electron chi connectivity index (χ2n) is 8.88. The zero-order valence-corrected chi connectivity index (χ0v) is 20.2. The van der Waals surface area contributed by atoms with Crippen molar-refractivity contribution in [1.29, 1.82) is 0 Å². The minimum atomic E-state index is 0.426. The molecule has 0 radical (unpaired) electrons. The van der Waals surface area contributed by atoms with Gasteiger partial charge < -0.3 is 9.47 Å². The molecule has 0 amide bonds. The van der Waals surface area contributed by atoms with Crippen LogP contribution < -0.4 is 4.74 Å². The van der Waals surface area contributed by atoms with E-state index in [9.17, 15) is 0 Å². The van der Waals surface area contributed by atoms with Crippen LogP contribution in [0.2, 0.25) is 0 Å². The Morgan fingerprint density at radius 2 is 1.54 bits per heavy atom. The lowest BCUT2D eigenvalue weighted by atomic mass is 10.1. The normalized spacial score (nSPS) is 11.2. The number of para-hydroxylation sites is 1. The fourth-order valence-corrected chi connectivity index (χ4v) is 4.29. The molecule has 7 heteroatoms. The molecule has 4 aromatic carbocycles. The molecule has 0 unspecified atom stereocenters. The number of H-pyrrole nitrogens is 1. The predicted molar refractivity (Wildman–Crippen MR) is 143 cm³/mol. The molecule has 0 saturated heterocycles. The van der Waals surface area contributed by atoms with Crippen molar-refractivity contribution < 1.29 is 9.47 Å². The smallest absolute Gasteiger partial charge is 0.179 e. The van der Waals surface area contributed by atoms with E-state index in [-0.39, 0.29) is 0 Å². The summed E-state index contributed by atoms with van der Waals surface area (Å²) in [4.78, 5) is 4.70. The number of aromatic nitrogens is 5. The monoisotopic (exact) mass is 487 g/mol. The highest BCUT2D eigenvalue weighted by molar-refractivity contribution is 5.84. The quantitative estimate of drug-likeness (QED) is 0.255. The molecule has 0 fully saturated rings. The summed E-state index contributed by atoms with van der Waals surface area (Å²) in [5.74, 6) is 1.49. The maximum atomic E-state index is 6.06. The van der Waals surface area contributed by atoms with Crippen LogP contribution in [0.3, 0.4) is 0 Å². The number of ether oxygens (including phenoxy) is 2. The molecule has 6 rings (SSSR count). The fraction of sp³-hybridized carbons (Fsp3) is 0.133. The third-order valence-electron chi connectivity index (χ3n) is 6.30. The van der Waals surface area contributed by atoms with Crippen LogP contribution in [0.5, 0.6) is 5.75 Å². The number of nitrogens with zero attached hydrogens (tertiary/aromatic N) is 4. The van der Waals surface area contributed by atoms with Crippen LogP contribution in [-0.4, -0.2) is 32.2 Å². The van der Waals surface area contributed by atoms with Crippen LogP contribution in [0.4, 0.5) is 0 Å². The number of pyridine rings is 1. The van der Waals surface area contributed by atoms with Crippen molar-refractivity contribution in [3.05, 3.63) is 114 Å². The van der Waals surface area contributed by atoms with Crippen molar-refractivity contribution >= 4 is 21.7 Å². The molecule has 6 aromatic rings. The van der Waals surface area contributed by atoms with Crippen molar-refractivity contribution in [2.45, 2.75) is 19.6 Å². The summed E-state index contributed by atoms with van der Waals surface area (Å²) in [7, 11) is 0. The van der Waals surface area contributed by atoms with Crippen LogP contribution in [-0.2, 0) is 24.4 Å². The second-order valence-corrected chi connectivity index (χ2v) is 8.88. The number of benzene rings is 4. The Labute approximate surface area is 214 Å². The van der Waals surface area contributed by atoms with Crippen LogP contribution in [0.25, 0.3) is 33.1 Å². The lowest BCUT2D eigenvalue weighted by Gasteiger charge is -2.09. The van der Waals surface area contributed by atoms with Crippen molar-refractivity contribution in [1.82, 2.24) is 25.6 Å². The molecular weight excluding hydrogens is 462 g/mol. The Hall–Kier alpha value is -4.62. The molecule has 1 N–H and O–H groups in total. The molecule has 7 nitrogen and oxygen atoms in total. The van der Waals surface area contributed by atoms with Crippen molar-refractivity contribution in [2.75, 3.05) is 6.61 Å². The van der Waals surface area contributed by atoms with Crippen LogP contribution in [0.1, 0.15) is 16.8 Å². The van der Waals surface area contributed by atoms with Gasteiger partial charge in [0.1, 0.15) is 12.4 Å². The standard InChI is InChI=1S/C30H25N5O2/c1-2-4-29-24(3-1)11-13-27(31-29)20-37-28-14-12-23-8-7-22(17-26(23)18-28)19-36-16-15-21-5-9-25(10-6-21)30-32-34-35-33-30/h1-14,17-18H,15-16,19-20H2,(H,32,33,34,35). The molecule has 2 aromatic heterocycles. The largest absolute Gasteiger partial charge is 0.487 e. The highest BCUT2D eigenvalue weighted by Crippen LogP contribution is 2.24. The van der Waals surface area contributed by atoms with E-state index < -0.39 is 0 Å². The number of nitrogens with one attached hydrogen (secondary N) is 1. The first-order valence-corrected chi connectivity index (χ1v) is 12.2. The molecule has 182 valence electrons. The first kappa shape index (κ1) is 22.8. The van der Waals surface area contributed by atoms with E-state index in [0.717, 1.165) is 45.3 Å². The van der Waals surface area contributed by atoms with Gasteiger partial charge in [-0.15, -0.1) is 5.10 Å². The van der Waals surface area contributed by atoms with Gasteiger partial charge >= 0.3 is 0 Å². The Morgan fingerprint density at radius 1 is 0.703 bits per heavy atom. The van der Waals surface area contributed by atoms with Crippen molar-refractivity contribution in [2.24, 2.45) is 0 Å². The van der Waals surface area contributed by atoms with Gasteiger partial charge in [-0.3, -0.25) is 0 Å². The highest BCUT2D eigenvalue weighted by atomic mass is 16.5. The molecule has 0 spiro atoms. The van der Waals surface area contributed by atoms with Crippen molar-refractivity contribution in [3.8, 4) is 17.1 Å². The van der Waals surface area contributed by atoms with E-state index in [1.165, 1.54) is 10.9 Å². The van der Waals surface area contributed by atoms with E-state index in [1.54, 1.807) is 0 Å². The van der Waals surface area contributed by atoms with Gasteiger partial charge in [0, 0.05) is 10.9 Å². The van der Waals surface area contributed by atoms with E-state index in [4.69, 9.17) is 14.5 Å². The first-order chi connectivity index (χ1) is 18.3. The van der Waals surface area contributed by atoms with Gasteiger partial charge in [-0.2, -0.15) is 0 Å². The zero-order valence-electron chi connectivity index (χ0n) is 20.2. The molecule has 0 aliphatic carbocycles. The van der Waals surface area contributed by atoms with Gasteiger partial charge in [-0.05, 0) is 69.1 Å². The average Bonchev–Trinajstić information content (AvgIpc) is 3.49. The van der Waals surface area contributed by atoms with Gasteiger partial charge in [0.2, 0.25) is 0 Å². The van der Waals surface area contributed by atoms with Crippen LogP contribution in [0.15, 0.2) is 97.1 Å². The van der Waals surface area contributed by atoms with E-state index >= 15 is 0 Å². The maximum absolute atomic E-state index is 6.06. The zero-order chi connectivity index (χ0) is 24.9. The molecule has 0 bridgehead atoms. The Balaban J connectivity index is 1.04. The van der Waals surface area contributed by atoms with E-state index in [2.05, 4.69) is 75.2 Å². The fourth-order valence-electron chi connectivity index (χ4n) is 4.29. The molecule has 37 heavy (non-hydrogen) atoms. The topological polar surface area (TPSA) is 85.8 Å². The van der Waals surface area contributed by atoms with E-state index in [0.29, 0.717) is 25.6 Å². The summed E-state index contributed by atoms with van der Waals surface area (Å²) < 4.78 is 12.0. The highest BCUT2D eigenvalue weighted by Gasteiger charge is 2.04. The number of rotatable bonds is 9. The summed E-state index contributed by atoms with van der Waals surface area (Å²) in [5.41, 5.74) is 5.19.